The van der Waals surface area contributed by atoms with E-state index in [-0.39, 0.29) is 12.1 Å². The first-order valence-electron chi connectivity index (χ1n) is 9.20. The maximum atomic E-state index is 12.9. The maximum Gasteiger partial charge on any atom is 0.271 e. The molecule has 0 aliphatic heterocycles. The van der Waals surface area contributed by atoms with Gasteiger partial charge in [0.25, 0.3) is 5.56 Å². The molecule has 2 atom stereocenters. The number of benzene rings is 1. The Morgan fingerprint density at radius 2 is 1.90 bits per heavy atom. The molecule has 1 aromatic carbocycles. The second-order valence-corrected chi connectivity index (χ2v) is 6.78. The summed E-state index contributed by atoms with van der Waals surface area (Å²) in [4.78, 5) is 41.0. The number of nitrogens with zero attached hydrogens (tertiary/aromatic N) is 3. The Morgan fingerprint density at radius 3 is 2.66 bits per heavy atom. The first kappa shape index (κ1) is 20.3. The van der Waals surface area contributed by atoms with E-state index in [4.69, 9.17) is 0 Å². The van der Waals surface area contributed by atoms with Crippen LogP contribution in [0.4, 0.5) is 4.39 Å². The zero-order valence-electron chi connectivity index (χ0n) is 16.1. The fourth-order valence-corrected chi connectivity index (χ4v) is 3.03. The van der Waals surface area contributed by atoms with E-state index >= 15 is 0 Å². The van der Waals surface area contributed by atoms with Crippen molar-refractivity contribution in [2.45, 2.75) is 32.4 Å². The summed E-state index contributed by atoms with van der Waals surface area (Å²) in [6.07, 6.45) is 3.12. The molecule has 0 spiro atoms. The Balaban J connectivity index is 1.87. The monoisotopic (exact) mass is 396 g/mol. The molecule has 2 unspecified atom stereocenters. The van der Waals surface area contributed by atoms with Crippen LogP contribution in [0.15, 0.2) is 53.6 Å². The summed E-state index contributed by atoms with van der Waals surface area (Å²) in [5.74, 6) is -2.08. The Hall–Kier alpha value is -3.42. The lowest BCUT2D eigenvalue weighted by Crippen LogP contribution is -2.42. The van der Waals surface area contributed by atoms with E-state index in [1.165, 1.54) is 23.9 Å². The van der Waals surface area contributed by atoms with Crippen LogP contribution in [0.25, 0.3) is 10.8 Å². The molecule has 1 amide bonds. The predicted molar refractivity (Wildman–Crippen MR) is 106 cm³/mol. The van der Waals surface area contributed by atoms with Gasteiger partial charge in [-0.05, 0) is 31.4 Å². The number of pyridine rings is 1. The Kier molecular flexibility index (Phi) is 6.11. The van der Waals surface area contributed by atoms with Gasteiger partial charge in [0.05, 0.1) is 24.2 Å². The van der Waals surface area contributed by atoms with Crippen molar-refractivity contribution in [2.24, 2.45) is 0 Å². The molecule has 0 bridgehead atoms. The number of aromatic nitrogens is 3. The molecule has 3 aromatic rings. The topological polar surface area (TPSA) is 93.9 Å². The number of halogens is 1. The third-order valence-electron chi connectivity index (χ3n) is 4.83. The molecule has 1 N–H and O–H groups in total. The minimum atomic E-state index is -1.16. The van der Waals surface area contributed by atoms with Crippen LogP contribution in [-0.4, -0.2) is 39.2 Å². The van der Waals surface area contributed by atoms with Crippen LogP contribution >= 0.6 is 0 Å². The van der Waals surface area contributed by atoms with Crippen LogP contribution in [-0.2, 0) is 16.1 Å². The molecule has 0 fully saturated rings. The third kappa shape index (κ3) is 4.37. The van der Waals surface area contributed by atoms with E-state index < -0.39 is 35.9 Å². The van der Waals surface area contributed by atoms with Crippen LogP contribution in [0.1, 0.15) is 31.0 Å². The zero-order chi connectivity index (χ0) is 21.0. The van der Waals surface area contributed by atoms with Crippen molar-refractivity contribution < 1.29 is 14.0 Å². The standard InChI is InChI=1S/C21H21FN4O3/c1-13(20(28)25-14(2)19(27)11-22)16-8-10-24-26(21(16)29)12-18-17-6-4-3-5-15(17)7-9-23-18/h3-10,13-14H,11-12H2,1-2H3,(H,25,28). The molecule has 0 saturated heterocycles. The molecule has 29 heavy (non-hydrogen) atoms. The molecule has 2 heterocycles. The van der Waals surface area contributed by atoms with Crippen LogP contribution in [0.3, 0.4) is 0 Å². The van der Waals surface area contributed by atoms with Crippen molar-refractivity contribution in [1.29, 1.82) is 0 Å². The fourth-order valence-electron chi connectivity index (χ4n) is 3.03. The maximum absolute atomic E-state index is 12.9. The lowest BCUT2D eigenvalue weighted by molar-refractivity contribution is -0.128. The van der Waals surface area contributed by atoms with Crippen molar-refractivity contribution in [2.75, 3.05) is 6.67 Å². The van der Waals surface area contributed by atoms with E-state index in [0.717, 1.165) is 10.8 Å². The quantitative estimate of drug-likeness (QED) is 0.659. The van der Waals surface area contributed by atoms with Gasteiger partial charge in [0.2, 0.25) is 5.91 Å². The van der Waals surface area contributed by atoms with E-state index in [9.17, 15) is 18.8 Å². The van der Waals surface area contributed by atoms with Crippen molar-refractivity contribution in [3.05, 3.63) is 70.4 Å². The van der Waals surface area contributed by atoms with E-state index in [1.807, 2.05) is 30.3 Å². The highest BCUT2D eigenvalue weighted by Gasteiger charge is 2.23. The Labute approximate surface area is 166 Å². The summed E-state index contributed by atoms with van der Waals surface area (Å²) >= 11 is 0. The number of hydrogen-bond donors (Lipinski definition) is 1. The van der Waals surface area contributed by atoms with Crippen molar-refractivity contribution >= 4 is 22.5 Å². The minimum Gasteiger partial charge on any atom is -0.346 e. The Morgan fingerprint density at radius 1 is 1.14 bits per heavy atom. The fraction of sp³-hybridized carbons (Fsp3) is 0.286. The SMILES string of the molecule is CC(NC(=O)C(C)c1ccnn(Cc2nccc3ccccc23)c1=O)C(=O)CF. The van der Waals surface area contributed by atoms with Crippen LogP contribution < -0.4 is 10.9 Å². The summed E-state index contributed by atoms with van der Waals surface area (Å²) in [5.41, 5.74) is 0.501. The van der Waals surface area contributed by atoms with Crippen molar-refractivity contribution in [3.8, 4) is 0 Å². The lowest BCUT2D eigenvalue weighted by Gasteiger charge is -2.16. The van der Waals surface area contributed by atoms with Gasteiger partial charge in [-0.1, -0.05) is 24.3 Å². The average molecular weight is 396 g/mol. The number of rotatable bonds is 7. The highest BCUT2D eigenvalue weighted by Crippen LogP contribution is 2.17. The number of hydrogen-bond acceptors (Lipinski definition) is 5. The normalized spacial score (nSPS) is 13.1. The van der Waals surface area contributed by atoms with Crippen molar-refractivity contribution in [3.63, 3.8) is 0 Å². The van der Waals surface area contributed by atoms with Crippen molar-refractivity contribution in [1.82, 2.24) is 20.1 Å². The van der Waals surface area contributed by atoms with Crippen LogP contribution in [0.5, 0.6) is 0 Å². The summed E-state index contributed by atoms with van der Waals surface area (Å²) in [6, 6.07) is 10.1. The van der Waals surface area contributed by atoms with E-state index in [2.05, 4.69) is 15.4 Å². The third-order valence-corrected chi connectivity index (χ3v) is 4.83. The number of carbonyl (C=O) groups excluding carboxylic acids is 2. The van der Waals surface area contributed by atoms with Crippen LogP contribution in [0.2, 0.25) is 0 Å². The molecule has 7 nitrogen and oxygen atoms in total. The highest BCUT2D eigenvalue weighted by atomic mass is 19.1. The number of ketones is 1. The smallest absolute Gasteiger partial charge is 0.271 e. The number of nitrogens with one attached hydrogen (secondary N) is 1. The van der Waals surface area contributed by atoms with Crippen LogP contribution in [0, 0.1) is 0 Å². The molecule has 2 aromatic heterocycles. The summed E-state index contributed by atoms with van der Waals surface area (Å²) in [5, 5.41) is 8.47. The largest absolute Gasteiger partial charge is 0.346 e. The molecule has 3 rings (SSSR count). The Bertz CT molecular complexity index is 1110. The zero-order valence-corrected chi connectivity index (χ0v) is 16.1. The van der Waals surface area contributed by atoms with Gasteiger partial charge < -0.3 is 5.32 Å². The van der Waals surface area contributed by atoms with Gasteiger partial charge in [0.15, 0.2) is 5.78 Å². The van der Waals surface area contributed by atoms with Gasteiger partial charge in [-0.3, -0.25) is 19.4 Å². The number of carbonyl (C=O) groups is 2. The van der Waals surface area contributed by atoms with Gasteiger partial charge in [-0.15, -0.1) is 0 Å². The molecule has 150 valence electrons. The number of fused-ring (bicyclic) bond motifs is 1. The van der Waals surface area contributed by atoms with Gasteiger partial charge in [-0.2, -0.15) is 5.10 Å². The van der Waals surface area contributed by atoms with Gasteiger partial charge in [-0.25, -0.2) is 9.07 Å². The predicted octanol–water partition coefficient (Wildman–Crippen LogP) is 1.99. The van der Waals surface area contributed by atoms with Gasteiger partial charge in [0, 0.05) is 23.3 Å². The molecular formula is C21H21FN4O3. The molecule has 0 saturated carbocycles. The lowest BCUT2D eigenvalue weighted by atomic mass is 10.0. The molecule has 0 aliphatic rings. The molecule has 0 radical (unpaired) electrons. The molecule has 8 heteroatoms. The minimum absolute atomic E-state index is 0.152. The molecule has 0 aliphatic carbocycles. The second-order valence-electron chi connectivity index (χ2n) is 6.78. The second kappa shape index (κ2) is 8.72. The first-order valence-corrected chi connectivity index (χ1v) is 9.20. The number of Topliss-reactive ketones (excluding diaryl/α,β-unsaturated/α-hetero) is 1. The van der Waals surface area contributed by atoms with Gasteiger partial charge >= 0.3 is 0 Å². The number of alkyl halides is 1. The summed E-state index contributed by atoms with van der Waals surface area (Å²) in [6.45, 7) is 1.96. The first-order chi connectivity index (χ1) is 13.9. The number of amides is 1. The summed E-state index contributed by atoms with van der Waals surface area (Å²) < 4.78 is 13.7. The summed E-state index contributed by atoms with van der Waals surface area (Å²) in [7, 11) is 0. The molecular weight excluding hydrogens is 375 g/mol. The van der Waals surface area contributed by atoms with Gasteiger partial charge in [0.1, 0.15) is 6.67 Å². The van der Waals surface area contributed by atoms with E-state index in [1.54, 1.807) is 13.1 Å². The average Bonchev–Trinajstić information content (AvgIpc) is 2.74. The highest BCUT2D eigenvalue weighted by molar-refractivity contribution is 5.91. The van der Waals surface area contributed by atoms with E-state index in [0.29, 0.717) is 5.69 Å².